The molecule has 0 aliphatic rings. The van der Waals surface area contributed by atoms with Crippen molar-refractivity contribution in [1.82, 2.24) is 0 Å². The summed E-state index contributed by atoms with van der Waals surface area (Å²) < 4.78 is 5.67. The summed E-state index contributed by atoms with van der Waals surface area (Å²) in [6, 6.07) is 6.58. The van der Waals surface area contributed by atoms with Gasteiger partial charge in [0, 0.05) is 0 Å². The van der Waals surface area contributed by atoms with E-state index in [1.54, 1.807) is 24.3 Å². The number of hydrogen-bond donors (Lipinski definition) is 0. The largest absolute Gasteiger partial charge is 1.00 e. The van der Waals surface area contributed by atoms with Crippen LogP contribution in [0.5, 0.6) is 11.5 Å². The van der Waals surface area contributed by atoms with Crippen molar-refractivity contribution in [2.24, 2.45) is 5.92 Å². The van der Waals surface area contributed by atoms with Gasteiger partial charge >= 0.3 is 29.6 Å². The molecule has 1 aromatic carbocycles. The molecule has 17 heavy (non-hydrogen) atoms. The van der Waals surface area contributed by atoms with Crippen molar-refractivity contribution in [3.8, 4) is 11.5 Å². The molecule has 0 fully saturated rings. The fourth-order valence-corrected chi connectivity index (χ4v) is 1.65. The molecule has 90 valence electrons. The van der Waals surface area contributed by atoms with E-state index < -0.39 is 0 Å². The molecule has 0 radical (unpaired) electrons. The van der Waals surface area contributed by atoms with Gasteiger partial charge in [0.2, 0.25) is 0 Å². The van der Waals surface area contributed by atoms with Gasteiger partial charge in [-0.05, 0) is 24.5 Å². The average molecular weight is 244 g/mol. The SMILES string of the molecule is CCCCC(CC)COc1ccc([O-])cc1.[Na+]. The fourth-order valence-electron chi connectivity index (χ4n) is 1.65. The smallest absolute Gasteiger partial charge is 0.872 e. The van der Waals surface area contributed by atoms with E-state index in [9.17, 15) is 5.11 Å². The Morgan fingerprint density at radius 2 is 1.82 bits per heavy atom. The van der Waals surface area contributed by atoms with E-state index in [0.29, 0.717) is 5.92 Å². The molecule has 1 unspecified atom stereocenters. The van der Waals surface area contributed by atoms with Crippen LogP contribution in [0.1, 0.15) is 39.5 Å². The van der Waals surface area contributed by atoms with Gasteiger partial charge < -0.3 is 9.84 Å². The molecular weight excluding hydrogens is 223 g/mol. The van der Waals surface area contributed by atoms with Crippen molar-refractivity contribution in [2.45, 2.75) is 39.5 Å². The Balaban J connectivity index is 0.00000256. The fraction of sp³-hybridized carbons (Fsp3) is 0.571. The molecule has 1 rings (SSSR count). The number of hydrogen-bond acceptors (Lipinski definition) is 2. The van der Waals surface area contributed by atoms with Crippen molar-refractivity contribution < 1.29 is 39.4 Å². The minimum absolute atomic E-state index is 0. The summed E-state index contributed by atoms with van der Waals surface area (Å²) in [4.78, 5) is 0. The van der Waals surface area contributed by atoms with Crippen molar-refractivity contribution in [3.05, 3.63) is 24.3 Å². The zero-order valence-electron chi connectivity index (χ0n) is 11.2. The van der Waals surface area contributed by atoms with Crippen LogP contribution in [0.4, 0.5) is 0 Å². The Labute approximate surface area is 127 Å². The quantitative estimate of drug-likeness (QED) is 0.649. The van der Waals surface area contributed by atoms with Crippen LogP contribution in [0.2, 0.25) is 0 Å². The van der Waals surface area contributed by atoms with Gasteiger partial charge in [-0.15, -0.1) is 5.75 Å². The molecule has 0 aromatic heterocycles. The van der Waals surface area contributed by atoms with Crippen molar-refractivity contribution in [2.75, 3.05) is 6.61 Å². The Morgan fingerprint density at radius 3 is 2.35 bits per heavy atom. The predicted molar refractivity (Wildman–Crippen MR) is 64.7 cm³/mol. The van der Waals surface area contributed by atoms with Crippen LogP contribution in [-0.2, 0) is 0 Å². The van der Waals surface area contributed by atoms with Gasteiger partial charge in [-0.3, -0.25) is 0 Å². The standard InChI is InChI=1S/C14H22O2.Na/c1-3-5-6-12(4-2)11-16-14-9-7-13(15)8-10-14;/h7-10,12,15H,3-6,11H2,1-2H3;/q;+1/p-1. The first-order valence-corrected chi connectivity index (χ1v) is 6.16. The van der Waals surface area contributed by atoms with Crippen LogP contribution >= 0.6 is 0 Å². The summed E-state index contributed by atoms with van der Waals surface area (Å²) in [5.41, 5.74) is 0. The first-order chi connectivity index (χ1) is 7.76. The third kappa shape index (κ3) is 6.97. The van der Waals surface area contributed by atoms with Crippen LogP contribution in [0.25, 0.3) is 0 Å². The molecule has 0 amide bonds. The number of benzene rings is 1. The van der Waals surface area contributed by atoms with Gasteiger partial charge in [0.25, 0.3) is 0 Å². The third-order valence-electron chi connectivity index (χ3n) is 2.85. The number of rotatable bonds is 7. The van der Waals surface area contributed by atoms with E-state index in [2.05, 4.69) is 13.8 Å². The van der Waals surface area contributed by atoms with E-state index >= 15 is 0 Å². The Bertz CT molecular complexity index is 285. The molecular formula is C14H21NaO2. The molecule has 2 nitrogen and oxygen atoms in total. The van der Waals surface area contributed by atoms with E-state index in [1.807, 2.05) is 0 Å². The van der Waals surface area contributed by atoms with Gasteiger partial charge in [0.1, 0.15) is 5.75 Å². The van der Waals surface area contributed by atoms with E-state index in [0.717, 1.165) is 18.8 Å². The van der Waals surface area contributed by atoms with Crippen LogP contribution in [-0.4, -0.2) is 6.61 Å². The maximum Gasteiger partial charge on any atom is 1.00 e. The second-order valence-corrected chi connectivity index (χ2v) is 4.20. The molecule has 0 aliphatic carbocycles. The first-order valence-electron chi connectivity index (χ1n) is 6.16. The van der Waals surface area contributed by atoms with Gasteiger partial charge in [-0.25, -0.2) is 0 Å². The van der Waals surface area contributed by atoms with Crippen molar-refractivity contribution in [3.63, 3.8) is 0 Å². The summed E-state index contributed by atoms with van der Waals surface area (Å²) in [7, 11) is 0. The molecule has 0 aliphatic heterocycles. The van der Waals surface area contributed by atoms with Gasteiger partial charge in [0.15, 0.2) is 0 Å². The molecule has 0 spiro atoms. The summed E-state index contributed by atoms with van der Waals surface area (Å²) in [6.45, 7) is 5.17. The second kappa shape index (κ2) is 9.81. The minimum Gasteiger partial charge on any atom is -0.872 e. The minimum atomic E-state index is 0. The van der Waals surface area contributed by atoms with Gasteiger partial charge in [-0.2, -0.15) is 0 Å². The molecule has 1 aromatic rings. The Hall–Kier alpha value is -0.180. The van der Waals surface area contributed by atoms with E-state index in [1.165, 1.54) is 19.3 Å². The van der Waals surface area contributed by atoms with Crippen molar-refractivity contribution >= 4 is 0 Å². The first kappa shape index (κ1) is 16.8. The number of unbranched alkanes of at least 4 members (excludes halogenated alkanes) is 1. The number of ether oxygens (including phenoxy) is 1. The topological polar surface area (TPSA) is 32.3 Å². The maximum atomic E-state index is 10.9. The van der Waals surface area contributed by atoms with Crippen LogP contribution in [0, 0.1) is 5.92 Å². The summed E-state index contributed by atoms with van der Waals surface area (Å²) in [5.74, 6) is 1.46. The molecule has 0 heterocycles. The summed E-state index contributed by atoms with van der Waals surface area (Å²) in [5, 5.41) is 10.9. The third-order valence-corrected chi connectivity index (χ3v) is 2.85. The average Bonchev–Trinajstić information content (AvgIpc) is 2.32. The molecule has 1 atom stereocenters. The van der Waals surface area contributed by atoms with Gasteiger partial charge in [0.05, 0.1) is 6.61 Å². The zero-order valence-corrected chi connectivity index (χ0v) is 13.2. The van der Waals surface area contributed by atoms with Crippen LogP contribution in [0.15, 0.2) is 24.3 Å². The summed E-state index contributed by atoms with van der Waals surface area (Å²) >= 11 is 0. The van der Waals surface area contributed by atoms with Crippen molar-refractivity contribution in [1.29, 1.82) is 0 Å². The Kier molecular flexibility index (Phi) is 9.71. The zero-order chi connectivity index (χ0) is 11.8. The van der Waals surface area contributed by atoms with Crippen LogP contribution < -0.4 is 39.4 Å². The molecule has 0 saturated carbocycles. The Morgan fingerprint density at radius 1 is 1.18 bits per heavy atom. The molecule has 3 heteroatoms. The monoisotopic (exact) mass is 244 g/mol. The molecule has 0 bridgehead atoms. The molecule has 0 N–H and O–H groups in total. The second-order valence-electron chi connectivity index (χ2n) is 4.20. The molecule has 0 saturated heterocycles. The maximum absolute atomic E-state index is 10.9. The normalized spacial score (nSPS) is 11.6. The predicted octanol–water partition coefficient (Wildman–Crippen LogP) is 0.359. The van der Waals surface area contributed by atoms with Gasteiger partial charge in [-0.1, -0.05) is 45.2 Å². The van der Waals surface area contributed by atoms with E-state index in [-0.39, 0.29) is 35.3 Å². The summed E-state index contributed by atoms with van der Waals surface area (Å²) in [6.07, 6.45) is 4.88. The van der Waals surface area contributed by atoms with E-state index in [4.69, 9.17) is 4.74 Å². The van der Waals surface area contributed by atoms with Crippen LogP contribution in [0.3, 0.4) is 0 Å².